The van der Waals surface area contributed by atoms with Gasteiger partial charge < -0.3 is 9.88 Å². The molecule has 1 aromatic carbocycles. The predicted molar refractivity (Wildman–Crippen MR) is 104 cm³/mol. The Bertz CT molecular complexity index is 1180. The fourth-order valence-corrected chi connectivity index (χ4v) is 3.44. The molecule has 0 fully saturated rings. The van der Waals surface area contributed by atoms with E-state index < -0.39 is 11.1 Å². The van der Waals surface area contributed by atoms with Crippen LogP contribution in [-0.2, 0) is 6.54 Å². The number of imidazole rings is 1. The van der Waals surface area contributed by atoms with Gasteiger partial charge in [-0.05, 0) is 12.5 Å². The molecule has 4 aromatic rings. The number of hydrogen-bond donors (Lipinski definition) is 2. The maximum Gasteiger partial charge on any atom is 0.301 e. The first-order chi connectivity index (χ1) is 13.1. The molecule has 0 spiro atoms. The van der Waals surface area contributed by atoms with Gasteiger partial charge >= 0.3 is 5.56 Å². The van der Waals surface area contributed by atoms with Crippen molar-refractivity contribution >= 4 is 28.3 Å². The highest BCUT2D eigenvalue weighted by molar-refractivity contribution is 7.09. The Morgan fingerprint density at radius 1 is 1.22 bits per heavy atom. The van der Waals surface area contributed by atoms with Crippen LogP contribution in [0.5, 0.6) is 0 Å². The molecule has 2 N–H and O–H groups in total. The molecule has 0 aliphatic rings. The van der Waals surface area contributed by atoms with E-state index in [2.05, 4.69) is 25.3 Å². The van der Waals surface area contributed by atoms with E-state index in [1.165, 1.54) is 17.7 Å². The number of nitrogens with one attached hydrogen (secondary N) is 2. The summed E-state index contributed by atoms with van der Waals surface area (Å²) in [6.07, 6.45) is 3.15. The zero-order chi connectivity index (χ0) is 18.8. The lowest BCUT2D eigenvalue weighted by Crippen LogP contribution is -2.14. The number of nitrogens with zero attached hydrogens (tertiary/aromatic N) is 4. The third-order valence-corrected chi connectivity index (χ3v) is 4.91. The van der Waals surface area contributed by atoms with Crippen LogP contribution in [0.3, 0.4) is 0 Å². The van der Waals surface area contributed by atoms with E-state index in [9.17, 15) is 9.59 Å². The Balaban J connectivity index is 1.74. The van der Waals surface area contributed by atoms with Gasteiger partial charge in [-0.15, -0.1) is 11.3 Å². The van der Waals surface area contributed by atoms with Gasteiger partial charge in [0.25, 0.3) is 5.56 Å². The summed E-state index contributed by atoms with van der Waals surface area (Å²) >= 11 is 1.47. The van der Waals surface area contributed by atoms with Crippen molar-refractivity contribution in [1.82, 2.24) is 24.5 Å². The normalized spacial score (nSPS) is 12.2. The van der Waals surface area contributed by atoms with E-state index in [1.807, 2.05) is 42.6 Å². The minimum Gasteiger partial charge on any atom is -0.349 e. The second-order valence-electron chi connectivity index (χ2n) is 5.99. The summed E-state index contributed by atoms with van der Waals surface area (Å²) < 4.78 is 1.61. The number of rotatable bonds is 5. The Morgan fingerprint density at radius 2 is 2.04 bits per heavy atom. The fraction of sp³-hybridized carbons (Fsp3) is 0.167. The van der Waals surface area contributed by atoms with Crippen molar-refractivity contribution in [3.05, 3.63) is 79.5 Å². The van der Waals surface area contributed by atoms with Gasteiger partial charge in [0, 0.05) is 11.6 Å². The molecule has 0 radical (unpaired) electrons. The summed E-state index contributed by atoms with van der Waals surface area (Å²) in [4.78, 5) is 40.2. The third-order valence-electron chi connectivity index (χ3n) is 4.14. The third kappa shape index (κ3) is 3.49. The number of aromatic amines is 1. The number of fused-ring (bicyclic) bond motifs is 1. The molecule has 0 aliphatic carbocycles. The molecule has 0 amide bonds. The predicted octanol–water partition coefficient (Wildman–Crippen LogP) is 2.16. The maximum absolute atomic E-state index is 12.7. The first-order valence-electron chi connectivity index (χ1n) is 8.31. The van der Waals surface area contributed by atoms with E-state index in [1.54, 1.807) is 10.8 Å². The minimum atomic E-state index is -0.566. The molecular formula is C18H16N6O2S. The molecule has 27 heavy (non-hydrogen) atoms. The summed E-state index contributed by atoms with van der Waals surface area (Å²) in [6, 6.07) is 9.55. The Hall–Kier alpha value is -3.33. The van der Waals surface area contributed by atoms with Crippen molar-refractivity contribution in [3.63, 3.8) is 0 Å². The van der Waals surface area contributed by atoms with Crippen molar-refractivity contribution < 1.29 is 0 Å². The van der Waals surface area contributed by atoms with Crippen molar-refractivity contribution in [2.75, 3.05) is 5.32 Å². The average molecular weight is 380 g/mol. The zero-order valence-corrected chi connectivity index (χ0v) is 15.2. The van der Waals surface area contributed by atoms with Crippen LogP contribution in [0.1, 0.15) is 23.5 Å². The minimum absolute atomic E-state index is 0.0354. The summed E-state index contributed by atoms with van der Waals surface area (Å²) in [5.41, 5.74) is 0.229. The van der Waals surface area contributed by atoms with Crippen molar-refractivity contribution in [2.24, 2.45) is 0 Å². The van der Waals surface area contributed by atoms with Crippen LogP contribution < -0.4 is 16.4 Å². The lowest BCUT2D eigenvalue weighted by Gasteiger charge is -2.13. The molecule has 0 aliphatic heterocycles. The number of anilines is 1. The maximum atomic E-state index is 12.7. The number of thiazole rings is 1. The molecule has 1 atom stereocenters. The van der Waals surface area contributed by atoms with E-state index in [4.69, 9.17) is 0 Å². The molecule has 8 nitrogen and oxygen atoms in total. The highest BCUT2D eigenvalue weighted by Crippen LogP contribution is 2.15. The van der Waals surface area contributed by atoms with E-state index in [0.29, 0.717) is 6.54 Å². The number of hydrogen-bond acceptors (Lipinski definition) is 7. The first-order valence-corrected chi connectivity index (χ1v) is 9.19. The molecule has 9 heteroatoms. The standard InChI is InChI=1S/C18H16N6O2S/c1-11(12-5-3-2-4-6-12)21-18-22-16(25)14-15(17(26)23-18)24(10-20-14)9-13-19-7-8-27-13/h2-8,10-11H,9H2,1H3,(H2,21,22,23,25,26)/t11-/m0/s1. The summed E-state index contributed by atoms with van der Waals surface area (Å²) in [7, 11) is 0. The molecule has 136 valence electrons. The molecular weight excluding hydrogens is 364 g/mol. The molecule has 0 unspecified atom stereocenters. The molecule has 0 saturated heterocycles. The SMILES string of the molecule is C[C@H](Nc1nc(=O)c2ncn(Cc3nccs3)c2c(=O)[nH]1)c1ccccc1. The van der Waals surface area contributed by atoms with Gasteiger partial charge in [0.05, 0.1) is 18.9 Å². The van der Waals surface area contributed by atoms with Gasteiger partial charge in [-0.1, -0.05) is 30.3 Å². The van der Waals surface area contributed by atoms with Gasteiger partial charge in [0.2, 0.25) is 5.95 Å². The summed E-state index contributed by atoms with van der Waals surface area (Å²) in [6.45, 7) is 2.29. The van der Waals surface area contributed by atoms with Crippen LogP contribution in [0, 0.1) is 0 Å². The van der Waals surface area contributed by atoms with Crippen molar-refractivity contribution in [3.8, 4) is 0 Å². The smallest absolute Gasteiger partial charge is 0.301 e. The van der Waals surface area contributed by atoms with Gasteiger partial charge in [-0.25, -0.2) is 9.97 Å². The van der Waals surface area contributed by atoms with E-state index in [0.717, 1.165) is 10.6 Å². The molecule has 3 heterocycles. The first kappa shape index (κ1) is 17.1. The quantitative estimate of drug-likeness (QED) is 0.550. The monoisotopic (exact) mass is 380 g/mol. The molecule has 0 bridgehead atoms. The lowest BCUT2D eigenvalue weighted by atomic mass is 10.1. The Morgan fingerprint density at radius 3 is 2.78 bits per heavy atom. The largest absolute Gasteiger partial charge is 0.349 e. The summed E-state index contributed by atoms with van der Waals surface area (Å²) in [5, 5.41) is 5.75. The lowest BCUT2D eigenvalue weighted by molar-refractivity contribution is 0.811. The zero-order valence-electron chi connectivity index (χ0n) is 14.4. The van der Waals surface area contributed by atoms with Gasteiger partial charge in [-0.3, -0.25) is 14.6 Å². The Kier molecular flexibility index (Phi) is 4.51. The van der Waals surface area contributed by atoms with E-state index >= 15 is 0 Å². The molecule has 0 saturated carbocycles. The number of H-pyrrole nitrogens is 1. The topological polar surface area (TPSA) is 106 Å². The van der Waals surface area contributed by atoms with Crippen LogP contribution in [-0.4, -0.2) is 24.5 Å². The fourth-order valence-electron chi connectivity index (χ4n) is 2.82. The van der Waals surface area contributed by atoms with Crippen molar-refractivity contribution in [2.45, 2.75) is 19.5 Å². The average Bonchev–Trinajstić information content (AvgIpc) is 3.30. The van der Waals surface area contributed by atoms with Gasteiger partial charge in [0.1, 0.15) is 10.5 Å². The van der Waals surface area contributed by atoms with Gasteiger partial charge in [-0.2, -0.15) is 4.98 Å². The molecule has 3 aromatic heterocycles. The van der Waals surface area contributed by atoms with E-state index in [-0.39, 0.29) is 23.0 Å². The number of benzene rings is 1. The Labute approximate surface area is 157 Å². The molecule has 4 rings (SSSR count). The second kappa shape index (κ2) is 7.12. The van der Waals surface area contributed by atoms with Crippen LogP contribution >= 0.6 is 11.3 Å². The van der Waals surface area contributed by atoms with Crippen LogP contribution in [0.25, 0.3) is 11.0 Å². The van der Waals surface area contributed by atoms with Crippen LogP contribution in [0.4, 0.5) is 5.95 Å². The van der Waals surface area contributed by atoms with Crippen LogP contribution in [0.2, 0.25) is 0 Å². The van der Waals surface area contributed by atoms with Gasteiger partial charge in [0.15, 0.2) is 5.52 Å². The highest BCUT2D eigenvalue weighted by atomic mass is 32.1. The summed E-state index contributed by atoms with van der Waals surface area (Å²) in [5.74, 6) is 0.111. The second-order valence-corrected chi connectivity index (χ2v) is 6.97. The highest BCUT2D eigenvalue weighted by Gasteiger charge is 2.14. The van der Waals surface area contributed by atoms with Crippen LogP contribution in [0.15, 0.2) is 57.8 Å². The van der Waals surface area contributed by atoms with Crippen molar-refractivity contribution in [1.29, 1.82) is 0 Å². The number of aromatic nitrogens is 5.